The molecule has 1 heterocycles. The first-order valence-corrected chi connectivity index (χ1v) is 9.49. The standard InChI is InChI=1S/C21H26N4O4/c1-28-18-8-4-16(5-9-18)22-20(26)24-12-3-13-25(15-14-24)21(27)23-17-6-10-19(29-2)11-7-17/h4-11H,3,12-15H2,1-2H3,(H,22,26)(H,23,27). The van der Waals surface area contributed by atoms with Crippen molar-refractivity contribution >= 4 is 23.4 Å². The Morgan fingerprint density at radius 1 is 0.690 bits per heavy atom. The third kappa shape index (κ3) is 5.54. The molecule has 0 aromatic heterocycles. The van der Waals surface area contributed by atoms with Gasteiger partial charge in [0.25, 0.3) is 0 Å². The van der Waals surface area contributed by atoms with Gasteiger partial charge < -0.3 is 29.9 Å². The van der Waals surface area contributed by atoms with Crippen molar-refractivity contribution in [2.45, 2.75) is 6.42 Å². The number of benzene rings is 2. The number of hydrogen-bond acceptors (Lipinski definition) is 4. The lowest BCUT2D eigenvalue weighted by Gasteiger charge is -2.23. The molecule has 0 spiro atoms. The summed E-state index contributed by atoms with van der Waals surface area (Å²) in [4.78, 5) is 28.6. The minimum absolute atomic E-state index is 0.174. The van der Waals surface area contributed by atoms with Gasteiger partial charge in [0.2, 0.25) is 0 Å². The zero-order chi connectivity index (χ0) is 20.6. The number of hydrogen-bond donors (Lipinski definition) is 2. The number of carbonyl (C=O) groups is 2. The SMILES string of the molecule is COc1ccc(NC(=O)N2CCCN(C(=O)Nc3ccc(OC)cc3)CC2)cc1. The summed E-state index contributed by atoms with van der Waals surface area (Å²) in [7, 11) is 3.20. The smallest absolute Gasteiger partial charge is 0.321 e. The average molecular weight is 398 g/mol. The molecular formula is C21H26N4O4. The van der Waals surface area contributed by atoms with Crippen molar-refractivity contribution in [2.24, 2.45) is 0 Å². The van der Waals surface area contributed by atoms with Gasteiger partial charge in [0.05, 0.1) is 14.2 Å². The molecule has 0 radical (unpaired) electrons. The van der Waals surface area contributed by atoms with Crippen LogP contribution in [0.3, 0.4) is 0 Å². The minimum Gasteiger partial charge on any atom is -0.497 e. The monoisotopic (exact) mass is 398 g/mol. The summed E-state index contributed by atoms with van der Waals surface area (Å²) >= 11 is 0. The molecule has 0 aliphatic carbocycles. The van der Waals surface area contributed by atoms with Crippen LogP contribution in [0, 0.1) is 0 Å². The second-order valence-corrected chi connectivity index (χ2v) is 6.64. The fourth-order valence-electron chi connectivity index (χ4n) is 3.08. The van der Waals surface area contributed by atoms with Gasteiger partial charge in [0, 0.05) is 37.6 Å². The van der Waals surface area contributed by atoms with Crippen molar-refractivity contribution in [2.75, 3.05) is 51.0 Å². The van der Waals surface area contributed by atoms with Gasteiger partial charge in [0.1, 0.15) is 11.5 Å². The first kappa shape index (κ1) is 20.3. The van der Waals surface area contributed by atoms with Crippen molar-refractivity contribution < 1.29 is 19.1 Å². The number of nitrogens with one attached hydrogen (secondary N) is 2. The van der Waals surface area contributed by atoms with Gasteiger partial charge in [-0.3, -0.25) is 0 Å². The number of anilines is 2. The molecule has 4 amide bonds. The Morgan fingerprint density at radius 3 is 1.41 bits per heavy atom. The highest BCUT2D eigenvalue weighted by Crippen LogP contribution is 2.17. The number of methoxy groups -OCH3 is 2. The van der Waals surface area contributed by atoms with E-state index < -0.39 is 0 Å². The van der Waals surface area contributed by atoms with Gasteiger partial charge in [-0.05, 0) is 55.0 Å². The lowest BCUT2D eigenvalue weighted by Crippen LogP contribution is -2.40. The summed E-state index contributed by atoms with van der Waals surface area (Å²) < 4.78 is 10.2. The molecule has 2 aromatic carbocycles. The van der Waals surface area contributed by atoms with E-state index in [-0.39, 0.29) is 12.1 Å². The molecule has 8 heteroatoms. The van der Waals surface area contributed by atoms with Crippen LogP contribution in [-0.4, -0.2) is 62.3 Å². The predicted molar refractivity (Wildman–Crippen MR) is 112 cm³/mol. The molecule has 0 bridgehead atoms. The van der Waals surface area contributed by atoms with Gasteiger partial charge in [-0.15, -0.1) is 0 Å². The van der Waals surface area contributed by atoms with Crippen LogP contribution in [0.15, 0.2) is 48.5 Å². The van der Waals surface area contributed by atoms with Crippen LogP contribution in [0.25, 0.3) is 0 Å². The molecule has 1 aliphatic heterocycles. The Balaban J connectivity index is 1.51. The zero-order valence-electron chi connectivity index (χ0n) is 16.7. The van der Waals surface area contributed by atoms with Crippen molar-refractivity contribution in [1.82, 2.24) is 9.80 Å². The lowest BCUT2D eigenvalue weighted by atomic mass is 10.3. The largest absolute Gasteiger partial charge is 0.497 e. The van der Waals surface area contributed by atoms with Crippen LogP contribution in [0.2, 0.25) is 0 Å². The molecule has 0 atom stereocenters. The fourth-order valence-corrected chi connectivity index (χ4v) is 3.08. The van der Waals surface area contributed by atoms with E-state index in [4.69, 9.17) is 9.47 Å². The highest BCUT2D eigenvalue weighted by Gasteiger charge is 2.22. The molecule has 1 saturated heterocycles. The summed E-state index contributed by atoms with van der Waals surface area (Å²) in [6, 6.07) is 14.0. The van der Waals surface area contributed by atoms with Crippen molar-refractivity contribution in [1.29, 1.82) is 0 Å². The predicted octanol–water partition coefficient (Wildman–Crippen LogP) is 3.48. The molecule has 3 rings (SSSR count). The Bertz CT molecular complexity index is 754. The van der Waals surface area contributed by atoms with Gasteiger partial charge in [-0.1, -0.05) is 0 Å². The number of ether oxygens (including phenoxy) is 2. The molecule has 1 aliphatic rings. The first-order chi connectivity index (χ1) is 14.1. The van der Waals surface area contributed by atoms with Crippen LogP contribution in [0.1, 0.15) is 6.42 Å². The maximum absolute atomic E-state index is 12.6. The molecule has 2 N–H and O–H groups in total. The summed E-state index contributed by atoms with van der Waals surface area (Å²) in [6.45, 7) is 2.12. The van der Waals surface area contributed by atoms with Gasteiger partial charge in [-0.25, -0.2) is 9.59 Å². The highest BCUT2D eigenvalue weighted by atomic mass is 16.5. The lowest BCUT2D eigenvalue weighted by molar-refractivity contribution is 0.205. The fraction of sp³-hybridized carbons (Fsp3) is 0.333. The van der Waals surface area contributed by atoms with E-state index in [9.17, 15) is 9.59 Å². The highest BCUT2D eigenvalue weighted by molar-refractivity contribution is 5.90. The third-order valence-electron chi connectivity index (χ3n) is 4.75. The minimum atomic E-state index is -0.174. The van der Waals surface area contributed by atoms with E-state index in [1.165, 1.54) is 0 Å². The Kier molecular flexibility index (Phi) is 6.78. The van der Waals surface area contributed by atoms with E-state index in [0.717, 1.165) is 11.5 Å². The molecule has 1 fully saturated rings. The quantitative estimate of drug-likeness (QED) is 0.826. The Labute approximate surface area is 170 Å². The molecular weight excluding hydrogens is 372 g/mol. The third-order valence-corrected chi connectivity index (χ3v) is 4.75. The van der Waals surface area contributed by atoms with Crippen LogP contribution >= 0.6 is 0 Å². The van der Waals surface area contributed by atoms with Crippen LogP contribution in [0.5, 0.6) is 11.5 Å². The topological polar surface area (TPSA) is 83.1 Å². The van der Waals surface area contributed by atoms with Crippen molar-refractivity contribution in [3.8, 4) is 11.5 Å². The average Bonchev–Trinajstić information content (AvgIpc) is 3.01. The van der Waals surface area contributed by atoms with Gasteiger partial charge in [0.15, 0.2) is 0 Å². The van der Waals surface area contributed by atoms with E-state index in [1.807, 2.05) is 0 Å². The second-order valence-electron chi connectivity index (χ2n) is 6.64. The van der Waals surface area contributed by atoms with E-state index in [0.29, 0.717) is 44.0 Å². The second kappa shape index (κ2) is 9.68. The Morgan fingerprint density at radius 2 is 1.07 bits per heavy atom. The van der Waals surface area contributed by atoms with Crippen molar-refractivity contribution in [3.63, 3.8) is 0 Å². The number of carbonyl (C=O) groups excluding carboxylic acids is 2. The Hall–Kier alpha value is -3.42. The zero-order valence-corrected chi connectivity index (χ0v) is 16.7. The van der Waals surface area contributed by atoms with Crippen molar-refractivity contribution in [3.05, 3.63) is 48.5 Å². The van der Waals surface area contributed by atoms with E-state index >= 15 is 0 Å². The molecule has 154 valence electrons. The molecule has 0 saturated carbocycles. The number of rotatable bonds is 4. The maximum atomic E-state index is 12.6. The maximum Gasteiger partial charge on any atom is 0.321 e. The van der Waals surface area contributed by atoms with Crippen LogP contribution in [-0.2, 0) is 0 Å². The first-order valence-electron chi connectivity index (χ1n) is 9.49. The number of urea groups is 2. The summed E-state index contributed by atoms with van der Waals surface area (Å²) in [5.74, 6) is 1.47. The number of nitrogens with zero attached hydrogens (tertiary/aromatic N) is 2. The summed E-state index contributed by atoms with van der Waals surface area (Å²) in [6.07, 6.45) is 0.714. The van der Waals surface area contributed by atoms with Gasteiger partial charge >= 0.3 is 12.1 Å². The molecule has 0 unspecified atom stereocenters. The van der Waals surface area contributed by atoms with Crippen LogP contribution in [0.4, 0.5) is 21.0 Å². The molecule has 8 nitrogen and oxygen atoms in total. The number of amides is 4. The van der Waals surface area contributed by atoms with E-state index in [2.05, 4.69) is 10.6 Å². The van der Waals surface area contributed by atoms with Crippen LogP contribution < -0.4 is 20.1 Å². The summed E-state index contributed by atoms with van der Waals surface area (Å²) in [5.41, 5.74) is 1.41. The van der Waals surface area contributed by atoms with E-state index in [1.54, 1.807) is 72.6 Å². The normalized spacial score (nSPS) is 14.0. The molecule has 2 aromatic rings. The molecule has 29 heavy (non-hydrogen) atoms. The van der Waals surface area contributed by atoms with Gasteiger partial charge in [-0.2, -0.15) is 0 Å². The summed E-state index contributed by atoms with van der Waals surface area (Å²) in [5, 5.41) is 5.77.